The second-order valence-electron chi connectivity index (χ2n) is 4.05. The summed E-state index contributed by atoms with van der Waals surface area (Å²) in [6, 6.07) is 2.92. The summed E-state index contributed by atoms with van der Waals surface area (Å²) in [5, 5.41) is 11.2. The van der Waals surface area contributed by atoms with E-state index in [9.17, 15) is 13.2 Å². The monoisotopic (exact) mass is 272 g/mol. The van der Waals surface area contributed by atoms with Crippen molar-refractivity contribution in [3.63, 3.8) is 0 Å². The van der Waals surface area contributed by atoms with Crippen LogP contribution >= 0.6 is 0 Å². The zero-order valence-electron chi connectivity index (χ0n) is 10.3. The van der Waals surface area contributed by atoms with Gasteiger partial charge in [-0.05, 0) is 26.0 Å². The number of sulfone groups is 1. The van der Waals surface area contributed by atoms with Crippen molar-refractivity contribution in [1.82, 2.24) is 4.98 Å². The summed E-state index contributed by atoms with van der Waals surface area (Å²) in [7, 11) is -3.14. The number of hydrogen-bond donors (Lipinski definition) is 2. The lowest BCUT2D eigenvalue weighted by Gasteiger charge is -2.10. The quantitative estimate of drug-likeness (QED) is 0.802. The number of anilines is 1. The van der Waals surface area contributed by atoms with Gasteiger partial charge in [-0.3, -0.25) is 0 Å². The molecule has 0 unspecified atom stereocenters. The molecule has 6 nitrogen and oxygen atoms in total. The van der Waals surface area contributed by atoms with Gasteiger partial charge >= 0.3 is 5.97 Å². The van der Waals surface area contributed by atoms with E-state index in [1.165, 1.54) is 18.3 Å². The van der Waals surface area contributed by atoms with E-state index in [1.807, 2.05) is 0 Å². The van der Waals surface area contributed by atoms with Crippen LogP contribution in [-0.4, -0.2) is 42.0 Å². The average molecular weight is 272 g/mol. The molecule has 0 fully saturated rings. The van der Waals surface area contributed by atoms with E-state index in [1.54, 1.807) is 13.8 Å². The van der Waals surface area contributed by atoms with Crippen LogP contribution in [0.5, 0.6) is 0 Å². The minimum Gasteiger partial charge on any atom is -0.478 e. The zero-order chi connectivity index (χ0) is 13.8. The Balaban J connectivity index is 2.68. The van der Waals surface area contributed by atoms with E-state index in [2.05, 4.69) is 10.3 Å². The minimum atomic E-state index is -3.14. The third-order valence-corrected chi connectivity index (χ3v) is 4.65. The van der Waals surface area contributed by atoms with Gasteiger partial charge in [-0.1, -0.05) is 0 Å². The molecule has 7 heteroatoms. The fourth-order valence-corrected chi connectivity index (χ4v) is 2.12. The van der Waals surface area contributed by atoms with Crippen LogP contribution < -0.4 is 5.32 Å². The van der Waals surface area contributed by atoms with Gasteiger partial charge in [-0.2, -0.15) is 0 Å². The Bertz CT molecular complexity index is 526. The first-order valence-electron chi connectivity index (χ1n) is 5.48. The van der Waals surface area contributed by atoms with E-state index >= 15 is 0 Å². The Morgan fingerprint density at radius 2 is 2.17 bits per heavy atom. The lowest BCUT2D eigenvalue weighted by atomic mass is 10.2. The highest BCUT2D eigenvalue weighted by Gasteiger charge is 2.16. The highest BCUT2D eigenvalue weighted by molar-refractivity contribution is 7.92. The second kappa shape index (κ2) is 5.81. The number of carboxylic acids is 1. The maximum absolute atomic E-state index is 11.6. The molecule has 0 saturated carbocycles. The normalized spacial score (nSPS) is 11.5. The van der Waals surface area contributed by atoms with Gasteiger partial charge in [-0.25, -0.2) is 18.2 Å². The van der Waals surface area contributed by atoms with E-state index in [-0.39, 0.29) is 23.7 Å². The number of carboxylic acid groups (broad SMARTS) is 1. The Morgan fingerprint density at radius 3 is 2.72 bits per heavy atom. The van der Waals surface area contributed by atoms with Crippen molar-refractivity contribution in [2.24, 2.45) is 0 Å². The van der Waals surface area contributed by atoms with E-state index in [0.717, 1.165) is 0 Å². The Morgan fingerprint density at radius 1 is 1.50 bits per heavy atom. The Kier molecular flexibility index (Phi) is 4.66. The SMILES string of the molecule is CC(C)S(=O)(=O)CCNc1ncccc1C(=O)O. The number of aromatic nitrogens is 1. The maximum atomic E-state index is 11.6. The van der Waals surface area contributed by atoms with Crippen LogP contribution in [0.15, 0.2) is 18.3 Å². The molecular formula is C11H16N2O4S. The molecule has 1 aromatic heterocycles. The fourth-order valence-electron chi connectivity index (χ4n) is 1.27. The Labute approximate surface area is 106 Å². The van der Waals surface area contributed by atoms with Gasteiger partial charge in [-0.15, -0.1) is 0 Å². The van der Waals surface area contributed by atoms with Gasteiger partial charge in [0.15, 0.2) is 9.84 Å². The van der Waals surface area contributed by atoms with Gasteiger partial charge in [0, 0.05) is 12.7 Å². The summed E-state index contributed by atoms with van der Waals surface area (Å²) in [6.45, 7) is 3.36. The van der Waals surface area contributed by atoms with Gasteiger partial charge in [0.2, 0.25) is 0 Å². The summed E-state index contributed by atoms with van der Waals surface area (Å²) in [5.41, 5.74) is 0.0273. The van der Waals surface area contributed by atoms with Gasteiger partial charge in [0.1, 0.15) is 11.4 Å². The molecule has 0 saturated heterocycles. The standard InChI is InChI=1S/C11H16N2O4S/c1-8(2)18(16,17)7-6-13-10-9(11(14)15)4-3-5-12-10/h3-5,8H,6-7H2,1-2H3,(H,12,13)(H,14,15). The van der Waals surface area contributed by atoms with Crippen molar-refractivity contribution in [2.75, 3.05) is 17.6 Å². The topological polar surface area (TPSA) is 96.4 Å². The second-order valence-corrected chi connectivity index (χ2v) is 6.72. The molecule has 1 rings (SSSR count). The number of nitrogens with zero attached hydrogens (tertiary/aromatic N) is 1. The molecule has 0 radical (unpaired) electrons. The first kappa shape index (κ1) is 14.4. The highest BCUT2D eigenvalue weighted by Crippen LogP contribution is 2.11. The van der Waals surface area contributed by atoms with Crippen LogP contribution in [0.4, 0.5) is 5.82 Å². The van der Waals surface area contributed by atoms with Crippen molar-refractivity contribution in [3.8, 4) is 0 Å². The van der Waals surface area contributed by atoms with Crippen LogP contribution in [0.1, 0.15) is 24.2 Å². The molecule has 18 heavy (non-hydrogen) atoms. The number of nitrogens with one attached hydrogen (secondary N) is 1. The number of carbonyl (C=O) groups is 1. The van der Waals surface area contributed by atoms with Crippen molar-refractivity contribution in [1.29, 1.82) is 0 Å². The average Bonchev–Trinajstić information content (AvgIpc) is 2.29. The number of pyridine rings is 1. The zero-order valence-corrected chi connectivity index (χ0v) is 11.1. The fraction of sp³-hybridized carbons (Fsp3) is 0.455. The Hall–Kier alpha value is -1.63. The van der Waals surface area contributed by atoms with Crippen molar-refractivity contribution in [3.05, 3.63) is 23.9 Å². The molecule has 0 spiro atoms. The lowest BCUT2D eigenvalue weighted by Crippen LogP contribution is -2.23. The maximum Gasteiger partial charge on any atom is 0.339 e. The van der Waals surface area contributed by atoms with Crippen LogP contribution in [0.2, 0.25) is 0 Å². The molecule has 100 valence electrons. The first-order valence-corrected chi connectivity index (χ1v) is 7.20. The third-order valence-electron chi connectivity index (χ3n) is 2.44. The van der Waals surface area contributed by atoms with Crippen LogP contribution in [0.25, 0.3) is 0 Å². The summed E-state index contributed by atoms with van der Waals surface area (Å²) >= 11 is 0. The molecule has 0 aliphatic rings. The lowest BCUT2D eigenvalue weighted by molar-refractivity contribution is 0.0697. The predicted molar refractivity (Wildman–Crippen MR) is 68.6 cm³/mol. The first-order chi connectivity index (χ1) is 8.34. The van der Waals surface area contributed by atoms with Crippen LogP contribution in [0.3, 0.4) is 0 Å². The molecule has 2 N–H and O–H groups in total. The molecule has 1 heterocycles. The molecule has 0 atom stereocenters. The molecule has 0 aromatic carbocycles. The predicted octanol–water partition coefficient (Wildman–Crippen LogP) is 1.01. The molecule has 0 bridgehead atoms. The van der Waals surface area contributed by atoms with E-state index in [4.69, 9.17) is 5.11 Å². The van der Waals surface area contributed by atoms with Crippen LogP contribution in [0, 0.1) is 0 Å². The van der Waals surface area contributed by atoms with E-state index < -0.39 is 21.1 Å². The number of hydrogen-bond acceptors (Lipinski definition) is 5. The molecular weight excluding hydrogens is 256 g/mol. The summed E-state index contributed by atoms with van der Waals surface area (Å²) in [6.07, 6.45) is 1.45. The number of rotatable bonds is 6. The van der Waals surface area contributed by atoms with Crippen molar-refractivity contribution >= 4 is 21.6 Å². The van der Waals surface area contributed by atoms with Gasteiger partial charge in [0.25, 0.3) is 0 Å². The molecule has 0 aliphatic carbocycles. The summed E-state index contributed by atoms with van der Waals surface area (Å²) in [4.78, 5) is 14.8. The third kappa shape index (κ3) is 3.69. The highest BCUT2D eigenvalue weighted by atomic mass is 32.2. The van der Waals surface area contributed by atoms with Crippen molar-refractivity contribution in [2.45, 2.75) is 19.1 Å². The largest absolute Gasteiger partial charge is 0.478 e. The molecule has 0 amide bonds. The van der Waals surface area contributed by atoms with Crippen LogP contribution in [-0.2, 0) is 9.84 Å². The summed E-state index contributed by atoms with van der Waals surface area (Å²) in [5.74, 6) is -0.971. The molecule has 1 aromatic rings. The summed E-state index contributed by atoms with van der Waals surface area (Å²) < 4.78 is 23.1. The number of aromatic carboxylic acids is 1. The van der Waals surface area contributed by atoms with Crippen molar-refractivity contribution < 1.29 is 18.3 Å². The van der Waals surface area contributed by atoms with Gasteiger partial charge in [0.05, 0.1) is 11.0 Å². The molecule has 0 aliphatic heterocycles. The van der Waals surface area contributed by atoms with E-state index in [0.29, 0.717) is 0 Å². The minimum absolute atomic E-state index is 0.0273. The smallest absolute Gasteiger partial charge is 0.339 e. The van der Waals surface area contributed by atoms with Gasteiger partial charge < -0.3 is 10.4 Å².